The van der Waals surface area contributed by atoms with Crippen LogP contribution in [0.25, 0.3) is 0 Å². The van der Waals surface area contributed by atoms with Gasteiger partial charge in [-0.1, -0.05) is 13.8 Å². The Morgan fingerprint density at radius 1 is 1.38 bits per heavy atom. The van der Waals surface area contributed by atoms with Gasteiger partial charge >= 0.3 is 0 Å². The summed E-state index contributed by atoms with van der Waals surface area (Å²) in [6, 6.07) is 0.0370. The summed E-state index contributed by atoms with van der Waals surface area (Å²) in [5.74, 6) is 0.870. The summed E-state index contributed by atoms with van der Waals surface area (Å²) in [4.78, 5) is 11.6. The molecule has 4 N–H and O–H groups in total. The van der Waals surface area contributed by atoms with Crippen LogP contribution in [-0.4, -0.2) is 30.2 Å². The lowest BCUT2D eigenvalue weighted by Crippen LogP contribution is -2.35. The normalized spacial score (nSPS) is 14.9. The minimum Gasteiger partial charge on any atom is -0.396 e. The van der Waals surface area contributed by atoms with Gasteiger partial charge < -0.3 is 16.2 Å². The largest absolute Gasteiger partial charge is 0.396 e. The highest BCUT2D eigenvalue weighted by Gasteiger charge is 2.15. The SMILES string of the molecule is CC(C)CC(CN)CC(=O)NC(C)CCO. The van der Waals surface area contributed by atoms with Crippen molar-refractivity contribution < 1.29 is 9.90 Å². The predicted octanol–water partition coefficient (Wildman–Crippen LogP) is 0.885. The van der Waals surface area contributed by atoms with Gasteiger partial charge in [0, 0.05) is 19.1 Å². The minimum atomic E-state index is 0.0370. The van der Waals surface area contributed by atoms with E-state index in [-0.39, 0.29) is 24.5 Å². The first-order valence-corrected chi connectivity index (χ1v) is 6.09. The van der Waals surface area contributed by atoms with Crippen molar-refractivity contribution in [1.29, 1.82) is 0 Å². The molecule has 0 aliphatic rings. The molecule has 4 heteroatoms. The summed E-state index contributed by atoms with van der Waals surface area (Å²) < 4.78 is 0. The number of aliphatic hydroxyl groups is 1. The van der Waals surface area contributed by atoms with Crippen molar-refractivity contribution in [3.63, 3.8) is 0 Å². The van der Waals surface area contributed by atoms with Crippen LogP contribution >= 0.6 is 0 Å². The van der Waals surface area contributed by atoms with Crippen LogP contribution in [0.2, 0.25) is 0 Å². The third kappa shape index (κ3) is 7.65. The van der Waals surface area contributed by atoms with Gasteiger partial charge in [0.1, 0.15) is 0 Å². The molecule has 1 amide bonds. The van der Waals surface area contributed by atoms with Crippen LogP contribution in [0.5, 0.6) is 0 Å². The van der Waals surface area contributed by atoms with Crippen LogP contribution < -0.4 is 11.1 Å². The molecule has 0 spiro atoms. The third-order valence-corrected chi connectivity index (χ3v) is 2.58. The molecular weight excluding hydrogens is 204 g/mol. The lowest BCUT2D eigenvalue weighted by Gasteiger charge is -2.18. The molecule has 96 valence electrons. The van der Waals surface area contributed by atoms with E-state index < -0.39 is 0 Å². The van der Waals surface area contributed by atoms with Crippen molar-refractivity contribution in [2.45, 2.75) is 46.1 Å². The number of nitrogens with two attached hydrogens (primary N) is 1. The molecule has 0 aromatic rings. The molecule has 0 heterocycles. The number of hydrogen-bond donors (Lipinski definition) is 3. The van der Waals surface area contributed by atoms with Crippen LogP contribution in [0.3, 0.4) is 0 Å². The zero-order valence-corrected chi connectivity index (χ0v) is 10.7. The van der Waals surface area contributed by atoms with Gasteiger partial charge in [-0.15, -0.1) is 0 Å². The molecule has 0 radical (unpaired) electrons. The van der Waals surface area contributed by atoms with Gasteiger partial charge in [0.05, 0.1) is 0 Å². The van der Waals surface area contributed by atoms with Crippen molar-refractivity contribution in [2.75, 3.05) is 13.2 Å². The van der Waals surface area contributed by atoms with Crippen molar-refractivity contribution >= 4 is 5.91 Å². The third-order valence-electron chi connectivity index (χ3n) is 2.58. The molecule has 0 aliphatic heterocycles. The fraction of sp³-hybridized carbons (Fsp3) is 0.917. The van der Waals surface area contributed by atoms with Crippen LogP contribution in [0, 0.1) is 11.8 Å². The number of carbonyl (C=O) groups excluding carboxylic acids is 1. The van der Waals surface area contributed by atoms with Gasteiger partial charge in [-0.25, -0.2) is 0 Å². The number of aliphatic hydroxyl groups excluding tert-OH is 1. The summed E-state index contributed by atoms with van der Waals surface area (Å²) in [5, 5.41) is 11.6. The second-order valence-corrected chi connectivity index (χ2v) is 4.92. The van der Waals surface area contributed by atoms with Crippen LogP contribution in [0.1, 0.15) is 40.0 Å². The Labute approximate surface area is 98.6 Å². The molecule has 0 aromatic heterocycles. The lowest BCUT2D eigenvalue weighted by atomic mass is 9.94. The Morgan fingerprint density at radius 3 is 2.44 bits per heavy atom. The van der Waals surface area contributed by atoms with E-state index in [1.807, 2.05) is 6.92 Å². The molecule has 0 rings (SSSR count). The molecule has 0 fully saturated rings. The second kappa shape index (κ2) is 8.53. The average molecular weight is 230 g/mol. The highest BCUT2D eigenvalue weighted by Crippen LogP contribution is 2.14. The fourth-order valence-corrected chi connectivity index (χ4v) is 1.79. The van der Waals surface area contributed by atoms with E-state index in [4.69, 9.17) is 10.8 Å². The number of hydrogen-bond acceptors (Lipinski definition) is 3. The van der Waals surface area contributed by atoms with E-state index in [1.165, 1.54) is 0 Å². The maximum atomic E-state index is 11.6. The molecule has 0 bridgehead atoms. The van der Waals surface area contributed by atoms with E-state index >= 15 is 0 Å². The van der Waals surface area contributed by atoms with Gasteiger partial charge in [-0.2, -0.15) is 0 Å². The zero-order valence-electron chi connectivity index (χ0n) is 10.7. The maximum absolute atomic E-state index is 11.6. The highest BCUT2D eigenvalue weighted by atomic mass is 16.3. The van der Waals surface area contributed by atoms with Crippen LogP contribution in [0.15, 0.2) is 0 Å². The first-order chi connectivity index (χ1) is 7.49. The van der Waals surface area contributed by atoms with Crippen LogP contribution in [0.4, 0.5) is 0 Å². The summed E-state index contributed by atoms with van der Waals surface area (Å²) >= 11 is 0. The summed E-state index contributed by atoms with van der Waals surface area (Å²) in [6.45, 7) is 6.83. The summed E-state index contributed by atoms with van der Waals surface area (Å²) in [6.07, 6.45) is 2.08. The molecular formula is C12H26N2O2. The predicted molar refractivity (Wildman–Crippen MR) is 65.9 cm³/mol. The van der Waals surface area contributed by atoms with Gasteiger partial charge in [-0.05, 0) is 38.1 Å². The summed E-state index contributed by atoms with van der Waals surface area (Å²) in [5.41, 5.74) is 5.64. The Hall–Kier alpha value is -0.610. The van der Waals surface area contributed by atoms with E-state index in [2.05, 4.69) is 19.2 Å². The molecule has 0 saturated carbocycles. The maximum Gasteiger partial charge on any atom is 0.220 e. The number of nitrogens with one attached hydrogen (secondary N) is 1. The summed E-state index contributed by atoms with van der Waals surface area (Å²) in [7, 11) is 0. The van der Waals surface area contributed by atoms with Crippen molar-refractivity contribution in [3.8, 4) is 0 Å². The van der Waals surface area contributed by atoms with E-state index in [0.717, 1.165) is 6.42 Å². The quantitative estimate of drug-likeness (QED) is 0.579. The number of rotatable bonds is 8. The van der Waals surface area contributed by atoms with Gasteiger partial charge in [0.15, 0.2) is 0 Å². The van der Waals surface area contributed by atoms with E-state index in [9.17, 15) is 4.79 Å². The Morgan fingerprint density at radius 2 is 2.00 bits per heavy atom. The number of amides is 1. The topological polar surface area (TPSA) is 75.4 Å². The van der Waals surface area contributed by atoms with Crippen molar-refractivity contribution in [3.05, 3.63) is 0 Å². The molecule has 0 saturated heterocycles. The van der Waals surface area contributed by atoms with E-state index in [0.29, 0.717) is 25.3 Å². The Bertz CT molecular complexity index is 195. The van der Waals surface area contributed by atoms with Crippen molar-refractivity contribution in [2.24, 2.45) is 17.6 Å². The molecule has 0 aromatic carbocycles. The molecule has 2 atom stereocenters. The Balaban J connectivity index is 3.91. The van der Waals surface area contributed by atoms with Gasteiger partial charge in [-0.3, -0.25) is 4.79 Å². The lowest BCUT2D eigenvalue weighted by molar-refractivity contribution is -0.122. The Kier molecular flexibility index (Phi) is 8.21. The molecule has 2 unspecified atom stereocenters. The second-order valence-electron chi connectivity index (χ2n) is 4.92. The van der Waals surface area contributed by atoms with Gasteiger partial charge in [0.25, 0.3) is 0 Å². The first kappa shape index (κ1) is 15.4. The monoisotopic (exact) mass is 230 g/mol. The van der Waals surface area contributed by atoms with Crippen molar-refractivity contribution in [1.82, 2.24) is 5.32 Å². The number of carbonyl (C=O) groups is 1. The highest BCUT2D eigenvalue weighted by molar-refractivity contribution is 5.76. The molecule has 16 heavy (non-hydrogen) atoms. The average Bonchev–Trinajstić information content (AvgIpc) is 2.15. The standard InChI is InChI=1S/C12H26N2O2/c1-9(2)6-11(8-13)7-12(16)14-10(3)4-5-15/h9-11,15H,4-8,13H2,1-3H3,(H,14,16). The molecule has 4 nitrogen and oxygen atoms in total. The molecule has 0 aliphatic carbocycles. The minimum absolute atomic E-state index is 0.0370. The van der Waals surface area contributed by atoms with Gasteiger partial charge in [0.2, 0.25) is 5.91 Å². The smallest absolute Gasteiger partial charge is 0.220 e. The first-order valence-electron chi connectivity index (χ1n) is 6.09. The zero-order chi connectivity index (χ0) is 12.6. The fourth-order valence-electron chi connectivity index (χ4n) is 1.79. The van der Waals surface area contributed by atoms with Crippen LogP contribution in [-0.2, 0) is 4.79 Å². The van der Waals surface area contributed by atoms with E-state index in [1.54, 1.807) is 0 Å².